The molecule has 2 aromatic heterocycles. The monoisotopic (exact) mass is 364 g/mol. The predicted octanol–water partition coefficient (Wildman–Crippen LogP) is 2.40. The van der Waals surface area contributed by atoms with Crippen LogP contribution in [0.3, 0.4) is 0 Å². The van der Waals surface area contributed by atoms with Crippen LogP contribution in [0.2, 0.25) is 0 Å². The maximum absolute atomic E-state index is 12.9. The van der Waals surface area contributed by atoms with Crippen LogP contribution < -0.4 is 5.32 Å². The first kappa shape index (κ1) is 17.1. The van der Waals surface area contributed by atoms with Crippen molar-refractivity contribution in [3.05, 3.63) is 60.0 Å². The Kier molecular flexibility index (Phi) is 4.27. The van der Waals surface area contributed by atoms with Gasteiger partial charge in [0.25, 0.3) is 5.91 Å². The molecule has 2 amide bonds. The van der Waals surface area contributed by atoms with Gasteiger partial charge in [-0.05, 0) is 37.6 Å². The summed E-state index contributed by atoms with van der Waals surface area (Å²) >= 11 is 0. The minimum absolute atomic E-state index is 0.0748. The molecule has 0 radical (unpaired) electrons. The van der Waals surface area contributed by atoms with Crippen LogP contribution in [0.25, 0.3) is 17.1 Å². The van der Waals surface area contributed by atoms with Gasteiger partial charge in [-0.25, -0.2) is 4.68 Å². The number of para-hydroxylation sites is 1. The summed E-state index contributed by atoms with van der Waals surface area (Å²) in [6.45, 7) is 2.47. The van der Waals surface area contributed by atoms with E-state index < -0.39 is 6.04 Å². The van der Waals surface area contributed by atoms with Gasteiger partial charge < -0.3 is 14.6 Å². The number of likely N-dealkylation sites (N-methyl/N-ethyl adjacent to an activating group) is 1. The highest BCUT2D eigenvalue weighted by Crippen LogP contribution is 2.26. The van der Waals surface area contributed by atoms with Crippen molar-refractivity contribution in [1.82, 2.24) is 20.0 Å². The van der Waals surface area contributed by atoms with Crippen LogP contribution in [0, 0.1) is 6.92 Å². The van der Waals surface area contributed by atoms with Gasteiger partial charge in [0.1, 0.15) is 17.5 Å². The van der Waals surface area contributed by atoms with Crippen LogP contribution in [0.15, 0.2) is 53.1 Å². The molecule has 1 N–H and O–H groups in total. The third kappa shape index (κ3) is 3.23. The number of hydrogen-bond donors (Lipinski definition) is 1. The smallest absolute Gasteiger partial charge is 0.255 e. The largest absolute Gasteiger partial charge is 0.460 e. The number of nitrogens with zero attached hydrogens (tertiary/aromatic N) is 3. The number of hydrogen-bond acceptors (Lipinski definition) is 4. The van der Waals surface area contributed by atoms with E-state index in [2.05, 4.69) is 10.4 Å². The lowest BCUT2D eigenvalue weighted by molar-refractivity contribution is -0.128. The first-order chi connectivity index (χ1) is 13.0. The molecule has 7 heteroatoms. The molecule has 138 valence electrons. The summed E-state index contributed by atoms with van der Waals surface area (Å²) in [4.78, 5) is 26.7. The second-order valence-electron chi connectivity index (χ2n) is 6.66. The van der Waals surface area contributed by atoms with Gasteiger partial charge in [-0.1, -0.05) is 18.2 Å². The van der Waals surface area contributed by atoms with E-state index in [0.717, 1.165) is 11.4 Å². The summed E-state index contributed by atoms with van der Waals surface area (Å²) in [5.74, 6) is 0.837. The molecule has 27 heavy (non-hydrogen) atoms. The van der Waals surface area contributed by atoms with Gasteiger partial charge in [0.2, 0.25) is 5.91 Å². The number of likely N-dealkylation sites (tertiary alicyclic amines) is 1. The fourth-order valence-electron chi connectivity index (χ4n) is 3.19. The molecule has 0 spiro atoms. The van der Waals surface area contributed by atoms with Crippen LogP contribution in [-0.4, -0.2) is 46.1 Å². The Labute approximate surface area is 156 Å². The van der Waals surface area contributed by atoms with Crippen LogP contribution in [0.5, 0.6) is 0 Å². The van der Waals surface area contributed by atoms with Crippen LogP contribution in [-0.2, 0) is 4.79 Å². The molecule has 4 rings (SSSR count). The lowest BCUT2D eigenvalue weighted by atomic mass is 10.1. The highest BCUT2D eigenvalue weighted by molar-refractivity contribution is 6.01. The Hall–Kier alpha value is -3.35. The third-order valence-corrected chi connectivity index (χ3v) is 4.69. The molecule has 1 aliphatic heterocycles. The predicted molar refractivity (Wildman–Crippen MR) is 99.5 cm³/mol. The first-order valence-corrected chi connectivity index (χ1v) is 8.80. The lowest BCUT2D eigenvalue weighted by Gasteiger charge is -2.11. The summed E-state index contributed by atoms with van der Waals surface area (Å²) in [6.07, 6.45) is 2.27. The molecule has 1 aliphatic rings. The highest BCUT2D eigenvalue weighted by atomic mass is 16.3. The van der Waals surface area contributed by atoms with E-state index >= 15 is 0 Å². The topological polar surface area (TPSA) is 80.4 Å². The van der Waals surface area contributed by atoms with Crippen molar-refractivity contribution in [2.24, 2.45) is 0 Å². The molecule has 1 fully saturated rings. The molecule has 0 unspecified atom stereocenters. The first-order valence-electron chi connectivity index (χ1n) is 8.80. The molecule has 3 heterocycles. The lowest BCUT2D eigenvalue weighted by Crippen LogP contribution is -2.40. The number of carbonyl (C=O) groups excluding carboxylic acids is 2. The molecule has 1 atom stereocenters. The van der Waals surface area contributed by atoms with E-state index in [0.29, 0.717) is 30.0 Å². The van der Waals surface area contributed by atoms with Crippen LogP contribution >= 0.6 is 0 Å². The van der Waals surface area contributed by atoms with Crippen molar-refractivity contribution in [3.63, 3.8) is 0 Å². The maximum atomic E-state index is 12.9. The molecule has 7 nitrogen and oxygen atoms in total. The number of carbonyl (C=O) groups is 2. The Morgan fingerprint density at radius 2 is 2.00 bits per heavy atom. The Morgan fingerprint density at radius 3 is 2.63 bits per heavy atom. The van der Waals surface area contributed by atoms with Crippen molar-refractivity contribution in [2.75, 3.05) is 13.6 Å². The molecule has 0 bridgehead atoms. The maximum Gasteiger partial charge on any atom is 0.255 e. The van der Waals surface area contributed by atoms with E-state index in [9.17, 15) is 9.59 Å². The van der Waals surface area contributed by atoms with Gasteiger partial charge in [0.15, 0.2) is 5.76 Å². The van der Waals surface area contributed by atoms with Gasteiger partial charge in [0, 0.05) is 19.8 Å². The number of nitrogens with one attached hydrogen (secondary N) is 1. The number of aryl methyl sites for hydroxylation is 1. The van der Waals surface area contributed by atoms with E-state index in [4.69, 9.17) is 4.42 Å². The van der Waals surface area contributed by atoms with Crippen LogP contribution in [0.1, 0.15) is 22.5 Å². The van der Waals surface area contributed by atoms with Crippen molar-refractivity contribution in [2.45, 2.75) is 19.4 Å². The second-order valence-corrected chi connectivity index (χ2v) is 6.66. The van der Waals surface area contributed by atoms with E-state index in [-0.39, 0.29) is 11.8 Å². The summed E-state index contributed by atoms with van der Waals surface area (Å²) in [6, 6.07) is 12.6. The third-order valence-electron chi connectivity index (χ3n) is 4.69. The summed E-state index contributed by atoms with van der Waals surface area (Å²) in [7, 11) is 1.74. The molecular formula is C20H20N4O3. The fourth-order valence-corrected chi connectivity index (χ4v) is 3.19. The van der Waals surface area contributed by atoms with Gasteiger partial charge >= 0.3 is 0 Å². The second kappa shape index (κ2) is 6.75. The van der Waals surface area contributed by atoms with Gasteiger partial charge in [-0.3, -0.25) is 9.59 Å². The average molecular weight is 364 g/mol. The highest BCUT2D eigenvalue weighted by Gasteiger charge is 2.32. The average Bonchev–Trinajstić information content (AvgIpc) is 3.37. The summed E-state index contributed by atoms with van der Waals surface area (Å²) < 4.78 is 7.33. The zero-order valence-electron chi connectivity index (χ0n) is 15.2. The SMILES string of the molecule is Cc1ccc(-c2nn(-c3ccccc3)cc2C(=O)N[C@@H]2CCN(C)C2=O)o1. The normalized spacial score (nSPS) is 16.7. The van der Waals surface area contributed by atoms with Gasteiger partial charge in [-0.2, -0.15) is 5.10 Å². The van der Waals surface area contributed by atoms with E-state index in [1.54, 1.807) is 28.9 Å². The number of furan rings is 1. The Balaban J connectivity index is 1.70. The van der Waals surface area contributed by atoms with Gasteiger partial charge in [0.05, 0.1) is 11.3 Å². The van der Waals surface area contributed by atoms with E-state index in [1.807, 2.05) is 43.3 Å². The Morgan fingerprint density at radius 1 is 1.22 bits per heavy atom. The number of benzene rings is 1. The summed E-state index contributed by atoms with van der Waals surface area (Å²) in [5.41, 5.74) is 1.65. The molecule has 3 aromatic rings. The minimum Gasteiger partial charge on any atom is -0.460 e. The number of rotatable bonds is 4. The van der Waals surface area contributed by atoms with Crippen LogP contribution in [0.4, 0.5) is 0 Å². The standard InChI is InChI=1S/C20H20N4O3/c1-13-8-9-17(27-13)18-15(12-24(22-18)14-6-4-3-5-7-14)19(25)21-16-10-11-23(2)20(16)26/h3-9,12,16H,10-11H2,1-2H3,(H,21,25)/t16-/m1/s1. The molecule has 0 saturated carbocycles. The van der Waals surface area contributed by atoms with Crippen molar-refractivity contribution in [1.29, 1.82) is 0 Å². The molecule has 1 saturated heterocycles. The zero-order valence-corrected chi connectivity index (χ0v) is 15.2. The van der Waals surface area contributed by atoms with Crippen molar-refractivity contribution < 1.29 is 14.0 Å². The minimum atomic E-state index is -0.506. The van der Waals surface area contributed by atoms with Gasteiger partial charge in [-0.15, -0.1) is 0 Å². The van der Waals surface area contributed by atoms with Crippen molar-refractivity contribution in [3.8, 4) is 17.1 Å². The number of aromatic nitrogens is 2. The van der Waals surface area contributed by atoms with Crippen molar-refractivity contribution >= 4 is 11.8 Å². The molecule has 0 aliphatic carbocycles. The molecule has 1 aromatic carbocycles. The zero-order chi connectivity index (χ0) is 19.0. The molecular weight excluding hydrogens is 344 g/mol. The number of amides is 2. The van der Waals surface area contributed by atoms with E-state index in [1.165, 1.54) is 0 Å². The Bertz CT molecular complexity index is 990. The summed E-state index contributed by atoms with van der Waals surface area (Å²) in [5, 5.41) is 7.39. The quantitative estimate of drug-likeness (QED) is 0.771. The fraction of sp³-hybridized carbons (Fsp3) is 0.250.